The van der Waals surface area contributed by atoms with Gasteiger partial charge in [-0.15, -0.1) is 0 Å². The molecule has 0 spiro atoms. The van der Waals surface area contributed by atoms with Gasteiger partial charge in [0.1, 0.15) is 5.82 Å². The molecule has 0 heterocycles. The van der Waals surface area contributed by atoms with Gasteiger partial charge >= 0.3 is 5.97 Å². The van der Waals surface area contributed by atoms with Crippen molar-refractivity contribution in [1.82, 2.24) is 0 Å². The Hall–Kier alpha value is -1.46. The average molecular weight is 228 g/mol. The molecule has 0 saturated carbocycles. The van der Waals surface area contributed by atoms with Crippen molar-refractivity contribution < 1.29 is 24.1 Å². The Morgan fingerprint density at radius 3 is 2.81 bits per heavy atom. The molecule has 0 aromatic heterocycles. The molecule has 88 valence electrons. The number of aliphatic hydroxyl groups excluding tert-OH is 2. The molecule has 1 rings (SSSR count). The van der Waals surface area contributed by atoms with Crippen LogP contribution in [0.4, 0.5) is 4.39 Å². The van der Waals surface area contributed by atoms with Crippen molar-refractivity contribution in [1.29, 1.82) is 0 Å². The summed E-state index contributed by atoms with van der Waals surface area (Å²) in [6, 6.07) is 3.59. The van der Waals surface area contributed by atoms with E-state index in [1.165, 1.54) is 12.1 Å². The Labute approximate surface area is 92.3 Å². The number of halogens is 1. The summed E-state index contributed by atoms with van der Waals surface area (Å²) in [5.74, 6) is -1.37. The third kappa shape index (κ3) is 2.77. The number of aliphatic hydroxyl groups is 2. The normalized spacial score (nSPS) is 12.2. The zero-order valence-electron chi connectivity index (χ0n) is 8.81. The van der Waals surface area contributed by atoms with Gasteiger partial charge in [-0.3, -0.25) is 0 Å². The van der Waals surface area contributed by atoms with Gasteiger partial charge in [-0.2, -0.15) is 0 Å². The van der Waals surface area contributed by atoms with Crippen molar-refractivity contribution >= 4 is 5.97 Å². The molecule has 0 aliphatic carbocycles. The zero-order valence-corrected chi connectivity index (χ0v) is 8.81. The van der Waals surface area contributed by atoms with E-state index < -0.39 is 24.5 Å². The molecule has 1 aromatic carbocycles. The molecule has 5 heteroatoms. The highest BCUT2D eigenvalue weighted by molar-refractivity contribution is 5.76. The second-order valence-corrected chi connectivity index (χ2v) is 3.16. The van der Waals surface area contributed by atoms with Gasteiger partial charge in [0.25, 0.3) is 0 Å². The van der Waals surface area contributed by atoms with Crippen molar-refractivity contribution in [3.05, 3.63) is 35.1 Å². The highest BCUT2D eigenvalue weighted by Gasteiger charge is 2.19. The molecule has 0 saturated heterocycles. The van der Waals surface area contributed by atoms with Gasteiger partial charge in [-0.1, -0.05) is 6.07 Å². The van der Waals surface area contributed by atoms with Crippen LogP contribution in [0.3, 0.4) is 0 Å². The molecule has 1 unspecified atom stereocenters. The molecular formula is C11H13FO4. The van der Waals surface area contributed by atoms with E-state index in [-0.39, 0.29) is 17.7 Å². The molecule has 4 nitrogen and oxygen atoms in total. The number of carbonyl (C=O) groups excluding carboxylic acids is 1. The Morgan fingerprint density at radius 2 is 2.25 bits per heavy atom. The van der Waals surface area contributed by atoms with Crippen LogP contribution in [0, 0.1) is 5.82 Å². The summed E-state index contributed by atoms with van der Waals surface area (Å²) in [6.07, 6.45) is -1.45. The van der Waals surface area contributed by atoms with E-state index in [1.54, 1.807) is 6.92 Å². The lowest BCUT2D eigenvalue weighted by Gasteiger charge is -2.11. The minimum Gasteiger partial charge on any atom is -0.464 e. The van der Waals surface area contributed by atoms with Crippen LogP contribution in [0.1, 0.15) is 24.2 Å². The molecule has 1 atom stereocenters. The Balaban J connectivity index is 2.91. The van der Waals surface area contributed by atoms with E-state index in [4.69, 9.17) is 5.11 Å². The van der Waals surface area contributed by atoms with E-state index in [9.17, 15) is 14.3 Å². The first kappa shape index (κ1) is 12.6. The number of esters is 1. The van der Waals surface area contributed by atoms with Crippen molar-refractivity contribution in [3.8, 4) is 0 Å². The highest BCUT2D eigenvalue weighted by atomic mass is 19.1. The molecule has 0 amide bonds. The smallest absolute Gasteiger partial charge is 0.339 e. The summed E-state index contributed by atoms with van der Waals surface area (Å²) >= 11 is 0. The van der Waals surface area contributed by atoms with Crippen LogP contribution in [0.15, 0.2) is 18.2 Å². The summed E-state index contributed by atoms with van der Waals surface area (Å²) in [5.41, 5.74) is 0.227. The largest absolute Gasteiger partial charge is 0.464 e. The molecule has 2 N–H and O–H groups in total. The fraction of sp³-hybridized carbons (Fsp3) is 0.364. The minimum absolute atomic E-state index is 0.0286. The van der Waals surface area contributed by atoms with Gasteiger partial charge < -0.3 is 14.9 Å². The van der Waals surface area contributed by atoms with Crippen LogP contribution >= 0.6 is 0 Å². The Kier molecular flexibility index (Phi) is 4.39. The first-order valence-corrected chi connectivity index (χ1v) is 4.84. The lowest BCUT2D eigenvalue weighted by atomic mass is 10.1. The molecule has 16 heavy (non-hydrogen) atoms. The number of rotatable bonds is 4. The molecule has 0 aliphatic heterocycles. The standard InChI is InChI=1S/C11H13FO4/c1-2-16-11(15)10(14)7-3-4-9(12)8(5-7)6-13/h3-5,10,13-14H,2,6H2,1H3. The van der Waals surface area contributed by atoms with E-state index in [0.29, 0.717) is 0 Å². The van der Waals surface area contributed by atoms with Gasteiger partial charge in [0.15, 0.2) is 6.10 Å². The second kappa shape index (κ2) is 5.58. The summed E-state index contributed by atoms with van der Waals surface area (Å²) in [7, 11) is 0. The fourth-order valence-electron chi connectivity index (χ4n) is 1.24. The predicted octanol–water partition coefficient (Wildman–Crippen LogP) is 0.915. The SMILES string of the molecule is CCOC(=O)C(O)c1ccc(F)c(CO)c1. The first-order chi connectivity index (χ1) is 7.60. The number of hydrogen-bond acceptors (Lipinski definition) is 4. The lowest BCUT2D eigenvalue weighted by molar-refractivity contribution is -0.153. The number of carbonyl (C=O) groups is 1. The van der Waals surface area contributed by atoms with Gasteiger partial charge in [-0.05, 0) is 24.6 Å². The molecular weight excluding hydrogens is 215 g/mol. The second-order valence-electron chi connectivity index (χ2n) is 3.16. The Morgan fingerprint density at radius 1 is 1.56 bits per heavy atom. The predicted molar refractivity (Wildman–Crippen MR) is 53.9 cm³/mol. The van der Waals surface area contributed by atoms with Crippen molar-refractivity contribution in [3.63, 3.8) is 0 Å². The van der Waals surface area contributed by atoms with Crippen LogP contribution in [-0.4, -0.2) is 22.8 Å². The van der Waals surface area contributed by atoms with Crippen LogP contribution in [0.5, 0.6) is 0 Å². The maximum Gasteiger partial charge on any atom is 0.339 e. The van der Waals surface area contributed by atoms with Crippen molar-refractivity contribution in [2.24, 2.45) is 0 Å². The van der Waals surface area contributed by atoms with E-state index in [0.717, 1.165) is 6.07 Å². The highest BCUT2D eigenvalue weighted by Crippen LogP contribution is 2.18. The summed E-state index contributed by atoms with van der Waals surface area (Å²) in [6.45, 7) is 1.29. The maximum atomic E-state index is 13.0. The van der Waals surface area contributed by atoms with Gasteiger partial charge in [0.05, 0.1) is 13.2 Å². The van der Waals surface area contributed by atoms with E-state index >= 15 is 0 Å². The van der Waals surface area contributed by atoms with Crippen LogP contribution in [0.25, 0.3) is 0 Å². The van der Waals surface area contributed by atoms with E-state index in [2.05, 4.69) is 4.74 Å². The average Bonchev–Trinajstić information content (AvgIpc) is 2.29. The quantitative estimate of drug-likeness (QED) is 0.752. The third-order valence-electron chi connectivity index (χ3n) is 2.07. The summed E-state index contributed by atoms with van der Waals surface area (Å²) in [5, 5.41) is 18.4. The molecule has 0 fully saturated rings. The number of ether oxygens (including phenoxy) is 1. The van der Waals surface area contributed by atoms with Crippen molar-refractivity contribution in [2.75, 3.05) is 6.61 Å². The molecule has 0 bridgehead atoms. The summed E-state index contributed by atoms with van der Waals surface area (Å²) < 4.78 is 17.6. The van der Waals surface area contributed by atoms with Crippen LogP contribution in [0.2, 0.25) is 0 Å². The maximum absolute atomic E-state index is 13.0. The van der Waals surface area contributed by atoms with Gasteiger partial charge in [-0.25, -0.2) is 9.18 Å². The molecule has 0 aliphatic rings. The monoisotopic (exact) mass is 228 g/mol. The third-order valence-corrected chi connectivity index (χ3v) is 2.07. The molecule has 1 aromatic rings. The lowest BCUT2D eigenvalue weighted by Crippen LogP contribution is -2.15. The Bertz CT molecular complexity index is 378. The number of hydrogen-bond donors (Lipinski definition) is 2. The van der Waals surface area contributed by atoms with Gasteiger partial charge in [0.2, 0.25) is 0 Å². The number of benzene rings is 1. The van der Waals surface area contributed by atoms with Crippen LogP contribution < -0.4 is 0 Å². The van der Waals surface area contributed by atoms with Crippen LogP contribution in [-0.2, 0) is 16.1 Å². The fourth-order valence-corrected chi connectivity index (χ4v) is 1.24. The van der Waals surface area contributed by atoms with Gasteiger partial charge in [0, 0.05) is 5.56 Å². The topological polar surface area (TPSA) is 66.8 Å². The van der Waals surface area contributed by atoms with E-state index in [1.807, 2.05) is 0 Å². The minimum atomic E-state index is -1.45. The first-order valence-electron chi connectivity index (χ1n) is 4.84. The molecule has 0 radical (unpaired) electrons. The van der Waals surface area contributed by atoms with Crippen molar-refractivity contribution in [2.45, 2.75) is 19.6 Å². The zero-order chi connectivity index (χ0) is 12.1. The summed E-state index contributed by atoms with van der Waals surface area (Å²) in [4.78, 5) is 11.2.